The quantitative estimate of drug-likeness (QED) is 0.0131. The van der Waals surface area contributed by atoms with Crippen molar-refractivity contribution in [3.63, 3.8) is 0 Å². The number of hydrogen-bond acceptors (Lipinski definition) is 18. The van der Waals surface area contributed by atoms with Crippen LogP contribution in [-0.2, 0) is 66.8 Å². The molecule has 0 radical (unpaired) electrons. The molecule has 4 rings (SSSR count). The molecule has 18 heteroatoms. The van der Waals surface area contributed by atoms with Crippen LogP contribution in [0.4, 0.5) is 0 Å². The third-order valence-corrected chi connectivity index (χ3v) is 11.9. The van der Waals surface area contributed by atoms with E-state index in [1.807, 2.05) is 0 Å². The van der Waals surface area contributed by atoms with Gasteiger partial charge < -0.3 is 47.4 Å². The highest BCUT2D eigenvalue weighted by molar-refractivity contribution is 5.93. The maximum atomic E-state index is 13.5. The monoisotopic (exact) mass is 1030 g/mol. The van der Waals surface area contributed by atoms with Gasteiger partial charge >= 0.3 is 47.8 Å². The van der Waals surface area contributed by atoms with Crippen LogP contribution in [0.2, 0.25) is 0 Å². The van der Waals surface area contributed by atoms with Crippen LogP contribution in [0.3, 0.4) is 0 Å². The topological polar surface area (TPSA) is 229 Å². The van der Waals surface area contributed by atoms with Crippen LogP contribution >= 0.6 is 0 Å². The first kappa shape index (κ1) is 59.1. The maximum absolute atomic E-state index is 13.5. The second-order valence-corrected chi connectivity index (χ2v) is 17.3. The van der Waals surface area contributed by atoms with Crippen LogP contribution < -0.4 is 18.9 Å². The third kappa shape index (κ3) is 22.1. The van der Waals surface area contributed by atoms with Gasteiger partial charge in [-0.05, 0) is 151 Å². The third-order valence-electron chi connectivity index (χ3n) is 11.9. The van der Waals surface area contributed by atoms with Crippen molar-refractivity contribution in [1.82, 2.24) is 0 Å². The first-order chi connectivity index (χ1) is 35.8. The molecule has 400 valence electrons. The van der Waals surface area contributed by atoms with Crippen molar-refractivity contribution in [1.29, 1.82) is 0 Å². The minimum Gasteiger partial charge on any atom is -0.494 e. The van der Waals surface area contributed by atoms with E-state index >= 15 is 0 Å². The fraction of sp³-hybridized carbons (Fsp3) is 0.464. The van der Waals surface area contributed by atoms with Gasteiger partial charge in [0.15, 0.2) is 0 Å². The molecular formula is C56H68O18. The largest absolute Gasteiger partial charge is 0.494 e. The molecule has 0 saturated heterocycles. The summed E-state index contributed by atoms with van der Waals surface area (Å²) < 4.78 is 54.0. The van der Waals surface area contributed by atoms with Crippen LogP contribution in [0.5, 0.6) is 23.0 Å². The zero-order valence-electron chi connectivity index (χ0n) is 42.1. The summed E-state index contributed by atoms with van der Waals surface area (Å²) in [5.41, 5.74) is -0.276. The van der Waals surface area contributed by atoms with Gasteiger partial charge in [-0.15, -0.1) is 0 Å². The summed E-state index contributed by atoms with van der Waals surface area (Å²) in [5.74, 6) is -4.48. The molecule has 0 atom stereocenters. The molecule has 0 N–H and O–H groups in total. The summed E-state index contributed by atoms with van der Waals surface area (Å²) in [6.45, 7) is 13.8. The summed E-state index contributed by atoms with van der Waals surface area (Å²) >= 11 is 0. The lowest BCUT2D eigenvalue weighted by molar-refractivity contribution is -0.149. The highest BCUT2D eigenvalue weighted by Crippen LogP contribution is 2.33. The van der Waals surface area contributed by atoms with Gasteiger partial charge in [-0.25, -0.2) is 14.4 Å². The molecule has 2 fully saturated rings. The number of carbonyl (C=O) groups is 8. The van der Waals surface area contributed by atoms with Crippen LogP contribution in [0, 0.1) is 23.7 Å². The molecule has 0 aliphatic heterocycles. The average Bonchev–Trinajstić information content (AvgIpc) is 3.42. The molecule has 18 nitrogen and oxygen atoms in total. The number of carbonyl (C=O) groups excluding carboxylic acids is 8. The van der Waals surface area contributed by atoms with Gasteiger partial charge in [0.25, 0.3) is 0 Å². The van der Waals surface area contributed by atoms with E-state index in [-0.39, 0.29) is 37.1 Å². The standard InChI is InChI=1S/C56H68O18/c1-5-49(57)67-34-10-8-32-65-44-24-28-46(29-25-44)72-54(62)41-18-16-40(17-19-41)53(61)71-38-14-15-48(39(4)52(60)70-37-13-12-36-69-51(59)7-3)74-56(64)43-22-20-42(21-23-43)55(63)73-47-30-26-45(27-31-47)66-33-9-11-35-68-50(58)6-2/h6-7,14-15,24-31,38,40-43H,2-5,8-13,16-23,32-37H2,1H3/b38-14+,48-15+. The molecule has 0 amide bonds. The van der Waals surface area contributed by atoms with E-state index < -0.39 is 65.5 Å². The lowest BCUT2D eigenvalue weighted by Crippen LogP contribution is -2.29. The minimum atomic E-state index is -0.870. The summed E-state index contributed by atoms with van der Waals surface area (Å²) in [6, 6.07) is 13.3. The Bertz CT molecular complexity index is 2260. The lowest BCUT2D eigenvalue weighted by Gasteiger charge is -2.26. The molecular weight excluding hydrogens is 961 g/mol. The summed E-state index contributed by atoms with van der Waals surface area (Å²) in [4.78, 5) is 99.4. The minimum absolute atomic E-state index is 0.0419. The highest BCUT2D eigenvalue weighted by Gasteiger charge is 2.34. The number of hydrogen-bond donors (Lipinski definition) is 0. The van der Waals surface area contributed by atoms with E-state index in [9.17, 15) is 38.4 Å². The van der Waals surface area contributed by atoms with Gasteiger partial charge in [0.1, 0.15) is 28.8 Å². The molecule has 2 aliphatic carbocycles. The van der Waals surface area contributed by atoms with Crippen LogP contribution in [0.15, 0.2) is 110 Å². The van der Waals surface area contributed by atoms with Crippen molar-refractivity contribution in [3.8, 4) is 23.0 Å². The molecule has 0 spiro atoms. The van der Waals surface area contributed by atoms with E-state index in [1.54, 1.807) is 55.5 Å². The average molecular weight is 1030 g/mol. The van der Waals surface area contributed by atoms with Gasteiger partial charge in [0, 0.05) is 18.6 Å². The van der Waals surface area contributed by atoms with Crippen molar-refractivity contribution in [3.05, 3.63) is 110 Å². The number of ether oxygens (including phenoxy) is 10. The molecule has 0 unspecified atom stereocenters. The van der Waals surface area contributed by atoms with Crippen LogP contribution in [0.25, 0.3) is 0 Å². The Hall–Kier alpha value is -7.50. The van der Waals surface area contributed by atoms with E-state index in [0.717, 1.165) is 18.4 Å². The van der Waals surface area contributed by atoms with Crippen molar-refractivity contribution in [2.24, 2.45) is 23.7 Å². The Morgan fingerprint density at radius 2 is 0.878 bits per heavy atom. The summed E-state index contributed by atoms with van der Waals surface area (Å²) in [7, 11) is 0. The van der Waals surface area contributed by atoms with Crippen LogP contribution in [0.1, 0.15) is 103 Å². The van der Waals surface area contributed by atoms with Gasteiger partial charge in [-0.2, -0.15) is 0 Å². The smallest absolute Gasteiger partial charge is 0.341 e. The number of unbranched alkanes of at least 4 members (excludes halogenated alkanes) is 3. The summed E-state index contributed by atoms with van der Waals surface area (Å²) in [5, 5.41) is 0. The van der Waals surface area contributed by atoms with E-state index in [4.69, 9.17) is 47.4 Å². The Morgan fingerprint density at radius 1 is 0.500 bits per heavy atom. The van der Waals surface area contributed by atoms with Crippen molar-refractivity contribution < 1.29 is 85.7 Å². The Kier molecular flexibility index (Phi) is 26.6. The van der Waals surface area contributed by atoms with Crippen molar-refractivity contribution >= 4 is 47.8 Å². The Labute approximate surface area is 432 Å². The molecule has 74 heavy (non-hydrogen) atoms. The fourth-order valence-electron chi connectivity index (χ4n) is 7.55. The number of allylic oxidation sites excluding steroid dienone is 2. The highest BCUT2D eigenvalue weighted by atomic mass is 16.6. The number of benzene rings is 2. The summed E-state index contributed by atoms with van der Waals surface area (Å²) in [6.07, 6.45) is 12.5. The predicted molar refractivity (Wildman–Crippen MR) is 267 cm³/mol. The maximum Gasteiger partial charge on any atom is 0.341 e. The molecule has 0 heterocycles. The molecule has 2 aromatic rings. The van der Waals surface area contributed by atoms with Crippen LogP contribution in [-0.4, -0.2) is 87.4 Å². The van der Waals surface area contributed by atoms with E-state index in [0.29, 0.717) is 139 Å². The van der Waals surface area contributed by atoms with E-state index in [1.165, 1.54) is 12.2 Å². The van der Waals surface area contributed by atoms with E-state index in [2.05, 4.69) is 19.7 Å². The number of esters is 8. The molecule has 0 aromatic heterocycles. The fourth-order valence-corrected chi connectivity index (χ4v) is 7.55. The normalized spacial score (nSPS) is 17.3. The van der Waals surface area contributed by atoms with Gasteiger partial charge in [-0.3, -0.25) is 24.0 Å². The Morgan fingerprint density at radius 3 is 1.31 bits per heavy atom. The molecule has 2 aromatic carbocycles. The lowest BCUT2D eigenvalue weighted by atomic mass is 9.82. The molecule has 0 bridgehead atoms. The van der Waals surface area contributed by atoms with Gasteiger partial charge in [-0.1, -0.05) is 26.7 Å². The first-order valence-corrected chi connectivity index (χ1v) is 25.1. The first-order valence-electron chi connectivity index (χ1n) is 25.1. The van der Waals surface area contributed by atoms with Gasteiger partial charge in [0.2, 0.25) is 0 Å². The molecule has 2 saturated carbocycles. The second kappa shape index (κ2) is 33.3. The zero-order valence-corrected chi connectivity index (χ0v) is 42.1. The van der Waals surface area contributed by atoms with Crippen molar-refractivity contribution in [2.75, 3.05) is 39.6 Å². The van der Waals surface area contributed by atoms with Crippen molar-refractivity contribution in [2.45, 2.75) is 103 Å². The number of rotatable bonds is 31. The SMILES string of the molecule is C=CC(=O)OCCCCOC(=O)C(=C)/C(=C\C=C\OC(=O)C1CCC(C(=O)Oc2ccc(OCCCCOC(=O)CC)cc2)CC1)OC(=O)C1CCC(C(=O)Oc2ccc(OCCCCOC(=O)C=C)cc2)CC1. The predicted octanol–water partition coefficient (Wildman–Crippen LogP) is 8.90. The Balaban J connectivity index is 1.23. The second-order valence-electron chi connectivity index (χ2n) is 17.3. The van der Waals surface area contributed by atoms with Gasteiger partial charge in [0.05, 0.1) is 75.1 Å². The molecule has 2 aliphatic rings. The zero-order chi connectivity index (χ0) is 53.5.